The van der Waals surface area contributed by atoms with Crippen LogP contribution in [-0.4, -0.2) is 11.1 Å². The summed E-state index contributed by atoms with van der Waals surface area (Å²) < 4.78 is 0.782. The Labute approximate surface area is 95.1 Å². The molecule has 0 saturated carbocycles. The molecule has 0 aliphatic heterocycles. The van der Waals surface area contributed by atoms with Crippen molar-refractivity contribution in [1.29, 1.82) is 0 Å². The molecular formula is C10H11BrO2S. The Morgan fingerprint density at radius 2 is 2.36 bits per heavy atom. The topological polar surface area (TPSA) is 37.3 Å². The lowest BCUT2D eigenvalue weighted by atomic mass is 9.88. The molecule has 1 aliphatic rings. The largest absolute Gasteiger partial charge is 0.478 e. The van der Waals surface area contributed by atoms with Crippen molar-refractivity contribution in [2.75, 3.05) is 0 Å². The van der Waals surface area contributed by atoms with Crippen molar-refractivity contribution in [2.24, 2.45) is 5.92 Å². The van der Waals surface area contributed by atoms with Gasteiger partial charge in [-0.15, -0.1) is 11.3 Å². The molecule has 76 valence electrons. The summed E-state index contributed by atoms with van der Waals surface area (Å²) in [5, 5.41) is 9.07. The molecule has 1 aromatic rings. The first-order valence-corrected chi connectivity index (χ1v) is 6.24. The number of hydrogen-bond donors (Lipinski definition) is 1. The van der Waals surface area contributed by atoms with Crippen LogP contribution in [0.3, 0.4) is 0 Å². The molecule has 1 N–H and O–H groups in total. The van der Waals surface area contributed by atoms with E-state index < -0.39 is 5.97 Å². The van der Waals surface area contributed by atoms with Crippen LogP contribution in [0.2, 0.25) is 0 Å². The number of aryl methyl sites for hydroxylation is 1. The van der Waals surface area contributed by atoms with E-state index in [1.54, 1.807) is 11.3 Å². The summed E-state index contributed by atoms with van der Waals surface area (Å²) in [5.41, 5.74) is 1.56. The third kappa shape index (κ3) is 1.61. The number of carboxylic acid groups (broad SMARTS) is 1. The molecular weight excluding hydrogens is 264 g/mol. The second-order valence-electron chi connectivity index (χ2n) is 3.81. The Kier molecular flexibility index (Phi) is 2.66. The van der Waals surface area contributed by atoms with Gasteiger partial charge in [0.2, 0.25) is 0 Å². The number of carboxylic acids is 1. The summed E-state index contributed by atoms with van der Waals surface area (Å²) in [5.74, 6) is -0.189. The molecule has 1 heterocycles. The van der Waals surface area contributed by atoms with Crippen molar-refractivity contribution in [1.82, 2.24) is 0 Å². The Morgan fingerprint density at radius 1 is 1.64 bits per heavy atom. The zero-order valence-corrected chi connectivity index (χ0v) is 10.2. The van der Waals surface area contributed by atoms with Crippen molar-refractivity contribution >= 4 is 33.2 Å². The van der Waals surface area contributed by atoms with Crippen LogP contribution >= 0.6 is 27.3 Å². The molecule has 0 bridgehead atoms. The van der Waals surface area contributed by atoms with E-state index in [9.17, 15) is 4.79 Å². The highest BCUT2D eigenvalue weighted by Gasteiger charge is 2.26. The first kappa shape index (κ1) is 10.2. The normalized spacial score (nSPS) is 20.6. The van der Waals surface area contributed by atoms with Crippen LogP contribution in [0.4, 0.5) is 0 Å². The average Bonchev–Trinajstić information content (AvgIpc) is 2.40. The third-order valence-corrected chi connectivity index (χ3v) is 4.64. The van der Waals surface area contributed by atoms with Crippen LogP contribution < -0.4 is 0 Å². The van der Waals surface area contributed by atoms with Crippen molar-refractivity contribution < 1.29 is 9.90 Å². The van der Waals surface area contributed by atoms with E-state index in [2.05, 4.69) is 22.9 Å². The van der Waals surface area contributed by atoms with Gasteiger partial charge in [-0.3, -0.25) is 0 Å². The lowest BCUT2D eigenvalue weighted by molar-refractivity contribution is 0.0695. The van der Waals surface area contributed by atoms with E-state index in [1.165, 1.54) is 11.3 Å². The molecule has 0 aromatic carbocycles. The molecule has 1 unspecified atom stereocenters. The third-order valence-electron chi connectivity index (χ3n) is 2.68. The summed E-state index contributed by atoms with van der Waals surface area (Å²) in [6, 6.07) is 0. The average molecular weight is 275 g/mol. The van der Waals surface area contributed by atoms with Gasteiger partial charge in [-0.1, -0.05) is 6.92 Å². The maximum absolute atomic E-state index is 11.0. The van der Waals surface area contributed by atoms with Crippen molar-refractivity contribution in [3.05, 3.63) is 19.8 Å². The highest BCUT2D eigenvalue weighted by molar-refractivity contribution is 9.11. The van der Waals surface area contributed by atoms with Gasteiger partial charge in [0, 0.05) is 4.88 Å². The molecule has 1 atom stereocenters. The van der Waals surface area contributed by atoms with Crippen LogP contribution in [-0.2, 0) is 12.8 Å². The summed E-state index contributed by atoms with van der Waals surface area (Å²) in [4.78, 5) is 12.3. The maximum Gasteiger partial charge on any atom is 0.338 e. The second kappa shape index (κ2) is 3.66. The van der Waals surface area contributed by atoms with E-state index in [-0.39, 0.29) is 0 Å². The minimum absolute atomic E-state index is 0.497. The first-order chi connectivity index (χ1) is 6.59. The van der Waals surface area contributed by atoms with E-state index in [0.717, 1.165) is 22.2 Å². The summed E-state index contributed by atoms with van der Waals surface area (Å²) >= 11 is 4.92. The smallest absolute Gasteiger partial charge is 0.338 e. The molecule has 0 amide bonds. The highest BCUT2D eigenvalue weighted by Crippen LogP contribution is 2.39. The minimum atomic E-state index is -0.802. The standard InChI is InChI=1S/C10H11BrO2S/c1-5-2-3-7-6(4-5)8(10(12)13)9(11)14-7/h5H,2-4H2,1H3,(H,12,13). The lowest BCUT2D eigenvalue weighted by Crippen LogP contribution is -2.12. The van der Waals surface area contributed by atoms with E-state index >= 15 is 0 Å². The molecule has 1 aromatic heterocycles. The predicted octanol–water partition coefficient (Wildman–Crippen LogP) is 3.33. The molecule has 0 saturated heterocycles. The van der Waals surface area contributed by atoms with Crippen molar-refractivity contribution in [3.8, 4) is 0 Å². The SMILES string of the molecule is CC1CCc2sc(Br)c(C(=O)O)c2C1. The zero-order valence-electron chi connectivity index (χ0n) is 7.84. The fourth-order valence-corrected chi connectivity index (χ4v) is 3.99. The number of rotatable bonds is 1. The van der Waals surface area contributed by atoms with Crippen molar-refractivity contribution in [3.63, 3.8) is 0 Å². The monoisotopic (exact) mass is 274 g/mol. The summed E-state index contributed by atoms with van der Waals surface area (Å²) in [6.45, 7) is 2.18. The molecule has 1 aliphatic carbocycles. The lowest BCUT2D eigenvalue weighted by Gasteiger charge is -2.18. The Morgan fingerprint density at radius 3 is 3.00 bits per heavy atom. The molecule has 2 nitrogen and oxygen atoms in total. The number of hydrogen-bond acceptors (Lipinski definition) is 2. The molecule has 4 heteroatoms. The van der Waals surface area contributed by atoms with Crippen LogP contribution in [0.5, 0.6) is 0 Å². The van der Waals surface area contributed by atoms with Gasteiger partial charge in [-0.25, -0.2) is 4.79 Å². The minimum Gasteiger partial charge on any atom is -0.478 e. The van der Waals surface area contributed by atoms with Crippen LogP contribution in [0.1, 0.15) is 34.1 Å². The zero-order chi connectivity index (χ0) is 10.3. The Balaban J connectivity index is 2.50. The van der Waals surface area contributed by atoms with Crippen LogP contribution in [0, 0.1) is 5.92 Å². The second-order valence-corrected chi connectivity index (χ2v) is 6.23. The number of halogens is 1. The molecule has 0 spiro atoms. The number of carbonyl (C=O) groups is 1. The van der Waals surface area contributed by atoms with Crippen LogP contribution in [0.25, 0.3) is 0 Å². The quantitative estimate of drug-likeness (QED) is 0.853. The fourth-order valence-electron chi connectivity index (χ4n) is 1.94. The number of thiophene rings is 1. The predicted molar refractivity (Wildman–Crippen MR) is 60.2 cm³/mol. The summed E-state index contributed by atoms with van der Waals surface area (Å²) in [7, 11) is 0. The van der Waals surface area contributed by atoms with Crippen molar-refractivity contribution in [2.45, 2.75) is 26.2 Å². The van der Waals surface area contributed by atoms with E-state index in [4.69, 9.17) is 5.11 Å². The van der Waals surface area contributed by atoms with Gasteiger partial charge in [0.1, 0.15) is 0 Å². The Hall–Kier alpha value is -0.350. The fraction of sp³-hybridized carbons (Fsp3) is 0.500. The molecule has 14 heavy (non-hydrogen) atoms. The van der Waals surface area contributed by atoms with Gasteiger partial charge in [0.15, 0.2) is 0 Å². The number of fused-ring (bicyclic) bond motifs is 1. The maximum atomic E-state index is 11.0. The summed E-state index contributed by atoms with van der Waals surface area (Å²) in [6.07, 6.45) is 3.13. The van der Waals surface area contributed by atoms with Gasteiger partial charge in [-0.05, 0) is 46.7 Å². The van der Waals surface area contributed by atoms with Gasteiger partial charge in [0.25, 0.3) is 0 Å². The molecule has 2 rings (SSSR count). The first-order valence-electron chi connectivity index (χ1n) is 4.63. The van der Waals surface area contributed by atoms with Gasteiger partial charge in [0.05, 0.1) is 9.35 Å². The van der Waals surface area contributed by atoms with Gasteiger partial charge in [-0.2, -0.15) is 0 Å². The highest BCUT2D eigenvalue weighted by atomic mass is 79.9. The van der Waals surface area contributed by atoms with E-state index in [1.807, 2.05) is 0 Å². The van der Waals surface area contributed by atoms with E-state index in [0.29, 0.717) is 11.5 Å². The molecule has 0 fully saturated rings. The van der Waals surface area contributed by atoms with Gasteiger partial charge < -0.3 is 5.11 Å². The van der Waals surface area contributed by atoms with Crippen LogP contribution in [0.15, 0.2) is 3.79 Å². The number of aromatic carboxylic acids is 1. The Bertz CT molecular complexity index is 384. The molecule has 0 radical (unpaired) electrons. The van der Waals surface area contributed by atoms with Gasteiger partial charge >= 0.3 is 5.97 Å².